The molecule has 162 valence electrons. The van der Waals surface area contributed by atoms with Crippen LogP contribution in [-0.4, -0.2) is 56.2 Å². The molecule has 6 atom stereocenters. The molecule has 3 saturated carbocycles. The lowest BCUT2D eigenvalue weighted by Crippen LogP contribution is -2.81. The number of benzene rings is 1. The van der Waals surface area contributed by atoms with E-state index in [4.69, 9.17) is 14.2 Å². The average molecular weight is 412 g/mol. The predicted octanol–water partition coefficient (Wildman–Crippen LogP) is 3.51. The zero-order valence-electron chi connectivity index (χ0n) is 18.6. The van der Waals surface area contributed by atoms with Gasteiger partial charge in [0, 0.05) is 36.0 Å². The molecule has 30 heavy (non-hydrogen) atoms. The summed E-state index contributed by atoms with van der Waals surface area (Å²) < 4.78 is 19.0. The Morgan fingerprint density at radius 1 is 1.27 bits per heavy atom. The van der Waals surface area contributed by atoms with Gasteiger partial charge < -0.3 is 19.1 Å². The SMILES string of the molecule is CCCC(=O)[C@H]1C[C@@]23CC[C@]1(OC)C1Oc4c(OC)ccc5c4[C@@]12CCN(C)[C@@H]3C5. The molecule has 0 aromatic heterocycles. The first-order valence-electron chi connectivity index (χ1n) is 11.6. The van der Waals surface area contributed by atoms with Crippen LogP contribution in [0.3, 0.4) is 0 Å². The Morgan fingerprint density at radius 3 is 2.83 bits per heavy atom. The van der Waals surface area contributed by atoms with Crippen LogP contribution in [0.2, 0.25) is 0 Å². The zero-order valence-corrected chi connectivity index (χ0v) is 18.6. The van der Waals surface area contributed by atoms with Crippen molar-refractivity contribution in [2.75, 3.05) is 27.8 Å². The van der Waals surface area contributed by atoms with E-state index in [0.29, 0.717) is 18.2 Å². The van der Waals surface area contributed by atoms with E-state index in [1.54, 1.807) is 14.2 Å². The van der Waals surface area contributed by atoms with Crippen LogP contribution < -0.4 is 9.47 Å². The quantitative estimate of drug-likeness (QED) is 0.742. The number of Topliss-reactive ketones (excluding diaryl/α,β-unsaturated/α-hetero) is 1. The maximum atomic E-state index is 13.4. The summed E-state index contributed by atoms with van der Waals surface area (Å²) in [6.45, 7) is 3.16. The van der Waals surface area contributed by atoms with Crippen LogP contribution in [0.5, 0.6) is 11.5 Å². The third-order valence-electron chi connectivity index (χ3n) is 9.72. The minimum atomic E-state index is -0.535. The molecule has 1 aromatic carbocycles. The summed E-state index contributed by atoms with van der Waals surface area (Å²) in [5, 5.41) is 0. The Labute approximate surface area is 179 Å². The average Bonchev–Trinajstić information content (AvgIpc) is 3.13. The number of hydrogen-bond donors (Lipinski definition) is 0. The molecule has 0 radical (unpaired) electrons. The maximum Gasteiger partial charge on any atom is 0.165 e. The molecule has 1 unspecified atom stereocenters. The summed E-state index contributed by atoms with van der Waals surface area (Å²) in [6.07, 6.45) is 6.48. The van der Waals surface area contributed by atoms with Crippen LogP contribution in [0, 0.1) is 11.3 Å². The van der Waals surface area contributed by atoms with E-state index < -0.39 is 5.60 Å². The molecule has 5 nitrogen and oxygen atoms in total. The molecule has 2 heterocycles. The fourth-order valence-electron chi connectivity index (χ4n) is 8.62. The van der Waals surface area contributed by atoms with Gasteiger partial charge in [0.05, 0.1) is 13.0 Å². The Bertz CT molecular complexity index is 930. The first-order chi connectivity index (χ1) is 14.5. The van der Waals surface area contributed by atoms with Crippen molar-refractivity contribution in [3.05, 3.63) is 23.3 Å². The first-order valence-corrected chi connectivity index (χ1v) is 11.6. The Morgan fingerprint density at radius 2 is 2.10 bits per heavy atom. The van der Waals surface area contributed by atoms with Crippen molar-refractivity contribution in [3.63, 3.8) is 0 Å². The molecule has 1 aromatic rings. The van der Waals surface area contributed by atoms with E-state index in [9.17, 15) is 4.79 Å². The number of likely N-dealkylation sites (tertiary alicyclic amines) is 1. The molecule has 5 heteroatoms. The van der Waals surface area contributed by atoms with Gasteiger partial charge in [0.1, 0.15) is 17.5 Å². The van der Waals surface area contributed by atoms with Crippen LogP contribution in [0.15, 0.2) is 12.1 Å². The third kappa shape index (κ3) is 1.83. The smallest absolute Gasteiger partial charge is 0.165 e. The van der Waals surface area contributed by atoms with Gasteiger partial charge in [0.25, 0.3) is 0 Å². The van der Waals surface area contributed by atoms with Gasteiger partial charge >= 0.3 is 0 Å². The number of ketones is 1. The molecule has 2 aliphatic heterocycles. The molecule has 0 N–H and O–H groups in total. The van der Waals surface area contributed by atoms with Crippen molar-refractivity contribution in [2.24, 2.45) is 11.3 Å². The number of fused-ring (bicyclic) bond motifs is 2. The van der Waals surface area contributed by atoms with Gasteiger partial charge in [-0.1, -0.05) is 13.0 Å². The van der Waals surface area contributed by atoms with E-state index in [-0.39, 0.29) is 22.9 Å². The highest BCUT2D eigenvalue weighted by Crippen LogP contribution is 2.76. The third-order valence-corrected chi connectivity index (χ3v) is 9.72. The van der Waals surface area contributed by atoms with Crippen molar-refractivity contribution in [1.29, 1.82) is 0 Å². The van der Waals surface area contributed by atoms with Gasteiger partial charge in [-0.05, 0) is 63.7 Å². The normalized spacial score (nSPS) is 42.6. The number of methoxy groups -OCH3 is 2. The number of nitrogens with zero attached hydrogens (tertiary/aromatic N) is 1. The maximum absolute atomic E-state index is 13.4. The summed E-state index contributed by atoms with van der Waals surface area (Å²) in [5.74, 6) is 2.04. The molecule has 7 rings (SSSR count). The van der Waals surface area contributed by atoms with E-state index in [1.165, 1.54) is 11.1 Å². The zero-order chi connectivity index (χ0) is 20.9. The largest absolute Gasteiger partial charge is 0.493 e. The van der Waals surface area contributed by atoms with Crippen LogP contribution in [0.4, 0.5) is 0 Å². The summed E-state index contributed by atoms with van der Waals surface area (Å²) in [7, 11) is 5.81. The molecule has 4 bridgehead atoms. The summed E-state index contributed by atoms with van der Waals surface area (Å²) >= 11 is 0. The molecule has 4 fully saturated rings. The number of carbonyl (C=O) groups excluding carboxylic acids is 1. The van der Waals surface area contributed by atoms with Gasteiger partial charge in [-0.3, -0.25) is 4.79 Å². The highest BCUT2D eigenvalue weighted by Gasteiger charge is 2.81. The van der Waals surface area contributed by atoms with Crippen LogP contribution in [0.1, 0.15) is 56.6 Å². The Hall–Kier alpha value is -1.59. The van der Waals surface area contributed by atoms with Crippen molar-refractivity contribution in [2.45, 2.75) is 75.0 Å². The molecule has 0 amide bonds. The fourth-order valence-corrected chi connectivity index (χ4v) is 8.62. The number of rotatable bonds is 5. The number of ether oxygens (including phenoxy) is 3. The van der Waals surface area contributed by atoms with E-state index >= 15 is 0 Å². The van der Waals surface area contributed by atoms with Gasteiger partial charge in [-0.2, -0.15) is 0 Å². The van der Waals surface area contributed by atoms with Crippen molar-refractivity contribution in [1.82, 2.24) is 4.90 Å². The van der Waals surface area contributed by atoms with E-state index in [0.717, 1.165) is 56.6 Å². The highest BCUT2D eigenvalue weighted by molar-refractivity contribution is 5.83. The Balaban J connectivity index is 1.63. The van der Waals surface area contributed by atoms with Crippen molar-refractivity contribution >= 4 is 5.78 Å². The van der Waals surface area contributed by atoms with Crippen LogP contribution >= 0.6 is 0 Å². The minimum Gasteiger partial charge on any atom is -0.493 e. The molecule has 2 spiro atoms. The molecular weight excluding hydrogens is 378 g/mol. The number of likely N-dealkylation sites (N-methyl/N-ethyl adjacent to an activating group) is 1. The molecule has 4 aliphatic carbocycles. The lowest BCUT2D eigenvalue weighted by atomic mass is 9.34. The van der Waals surface area contributed by atoms with Crippen molar-refractivity contribution in [3.8, 4) is 11.5 Å². The van der Waals surface area contributed by atoms with Gasteiger partial charge in [0.2, 0.25) is 0 Å². The minimum absolute atomic E-state index is 0.0705. The topological polar surface area (TPSA) is 48.0 Å². The second-order valence-corrected chi connectivity index (χ2v) is 10.3. The van der Waals surface area contributed by atoms with Gasteiger partial charge in [-0.25, -0.2) is 0 Å². The molecule has 1 saturated heterocycles. The highest BCUT2D eigenvalue weighted by atomic mass is 16.6. The molecule has 6 aliphatic rings. The summed E-state index contributed by atoms with van der Waals surface area (Å²) in [4.78, 5) is 16.0. The number of carbonyl (C=O) groups is 1. The van der Waals surface area contributed by atoms with Gasteiger partial charge in [-0.15, -0.1) is 0 Å². The standard InChI is InChI=1S/C25H33NO4/c1-5-6-17(27)16-14-23-9-10-25(16,29-4)22-24(23)11-12-26(2)19(23)13-15-7-8-18(28-3)21(30-22)20(15)24/h7-8,16,19,22H,5-6,9-14H2,1-4H3/t16-,19-,22?,23-,24+,25-/m1/s1. The lowest BCUT2D eigenvalue weighted by Gasteiger charge is -2.73. The first kappa shape index (κ1) is 19.1. The number of hydrogen-bond acceptors (Lipinski definition) is 5. The summed E-state index contributed by atoms with van der Waals surface area (Å²) in [6, 6.07) is 4.78. The summed E-state index contributed by atoms with van der Waals surface area (Å²) in [5.41, 5.74) is 2.26. The van der Waals surface area contributed by atoms with E-state index in [1.807, 2.05) is 0 Å². The van der Waals surface area contributed by atoms with Crippen LogP contribution in [0.25, 0.3) is 0 Å². The monoisotopic (exact) mass is 411 g/mol. The fraction of sp³-hybridized carbons (Fsp3) is 0.720. The number of piperidine rings is 1. The van der Waals surface area contributed by atoms with Gasteiger partial charge in [0.15, 0.2) is 11.5 Å². The second kappa shape index (κ2) is 6.01. The second-order valence-electron chi connectivity index (χ2n) is 10.3. The van der Waals surface area contributed by atoms with E-state index in [2.05, 4.69) is 31.0 Å². The lowest BCUT2D eigenvalue weighted by molar-refractivity contribution is -0.270. The predicted molar refractivity (Wildman–Crippen MR) is 113 cm³/mol. The Kier molecular flexibility index (Phi) is 3.83. The molecular formula is C25H33NO4. The van der Waals surface area contributed by atoms with Crippen molar-refractivity contribution < 1.29 is 19.0 Å². The van der Waals surface area contributed by atoms with Crippen LogP contribution in [-0.2, 0) is 21.4 Å².